The van der Waals surface area contributed by atoms with Crippen LogP contribution in [0.3, 0.4) is 0 Å². The van der Waals surface area contributed by atoms with Crippen molar-refractivity contribution < 1.29 is 17.6 Å². The molecule has 0 unspecified atom stereocenters. The number of carbonyl (C=O) groups is 1. The summed E-state index contributed by atoms with van der Waals surface area (Å²) in [4.78, 5) is 12.4. The molecule has 9 heteroatoms. The van der Waals surface area contributed by atoms with Crippen molar-refractivity contribution in [3.63, 3.8) is 0 Å². The van der Waals surface area contributed by atoms with Gasteiger partial charge >= 0.3 is 0 Å². The average Bonchev–Trinajstić information content (AvgIpc) is 2.63. The monoisotopic (exact) mass is 526 g/mol. The summed E-state index contributed by atoms with van der Waals surface area (Å²) in [5, 5.41) is 2.70. The number of rotatable bonds is 5. The van der Waals surface area contributed by atoms with E-state index in [0.717, 1.165) is 10.5 Å². The lowest BCUT2D eigenvalue weighted by molar-refractivity contribution is 0.102. The van der Waals surface area contributed by atoms with Crippen LogP contribution in [-0.4, -0.2) is 14.3 Å². The van der Waals surface area contributed by atoms with Gasteiger partial charge in [0.05, 0.1) is 5.69 Å². The molecular formula is C19H13Br2FN2O3S. The number of hydrogen-bond donors (Lipinski definition) is 2. The van der Waals surface area contributed by atoms with Gasteiger partial charge in [-0.1, -0.05) is 22.0 Å². The van der Waals surface area contributed by atoms with E-state index in [0.29, 0.717) is 5.69 Å². The maximum atomic E-state index is 13.3. The molecule has 2 N–H and O–H groups in total. The van der Waals surface area contributed by atoms with E-state index < -0.39 is 21.7 Å². The van der Waals surface area contributed by atoms with E-state index >= 15 is 0 Å². The molecule has 0 saturated heterocycles. The van der Waals surface area contributed by atoms with E-state index in [1.54, 1.807) is 24.3 Å². The minimum atomic E-state index is -4.04. The Morgan fingerprint density at radius 3 is 2.29 bits per heavy atom. The number of sulfonamides is 1. The maximum absolute atomic E-state index is 13.3. The van der Waals surface area contributed by atoms with Crippen LogP contribution in [0.25, 0.3) is 0 Å². The van der Waals surface area contributed by atoms with Gasteiger partial charge in [0.25, 0.3) is 15.9 Å². The van der Waals surface area contributed by atoms with Gasteiger partial charge < -0.3 is 5.32 Å². The van der Waals surface area contributed by atoms with Gasteiger partial charge in [-0.3, -0.25) is 9.52 Å². The fourth-order valence-electron chi connectivity index (χ4n) is 2.35. The van der Waals surface area contributed by atoms with Crippen LogP contribution in [0.15, 0.2) is 80.6 Å². The number of amides is 1. The van der Waals surface area contributed by atoms with Crippen LogP contribution in [0.1, 0.15) is 10.4 Å². The van der Waals surface area contributed by atoms with Crippen LogP contribution in [0, 0.1) is 5.82 Å². The number of nitrogens with one attached hydrogen (secondary N) is 2. The first-order valence-corrected chi connectivity index (χ1v) is 11.0. The Kier molecular flexibility index (Phi) is 6.17. The van der Waals surface area contributed by atoms with E-state index in [4.69, 9.17) is 0 Å². The second kappa shape index (κ2) is 8.42. The van der Waals surface area contributed by atoms with Crippen molar-refractivity contribution in [2.45, 2.75) is 4.90 Å². The molecule has 0 aliphatic heterocycles. The molecule has 0 aliphatic carbocycles. The molecule has 0 atom stereocenters. The Morgan fingerprint density at radius 1 is 0.893 bits per heavy atom. The molecule has 3 rings (SSSR count). The lowest BCUT2D eigenvalue weighted by atomic mass is 10.2. The molecule has 0 aromatic heterocycles. The van der Waals surface area contributed by atoms with Gasteiger partial charge in [0.1, 0.15) is 10.7 Å². The fourth-order valence-corrected chi connectivity index (χ4v) is 4.65. The van der Waals surface area contributed by atoms with Gasteiger partial charge in [0.2, 0.25) is 0 Å². The molecule has 144 valence electrons. The highest BCUT2D eigenvalue weighted by Crippen LogP contribution is 2.26. The summed E-state index contributed by atoms with van der Waals surface area (Å²) in [5.74, 6) is -1.03. The zero-order chi connectivity index (χ0) is 20.3. The first-order chi connectivity index (χ1) is 13.2. The number of carbonyl (C=O) groups excluding carboxylic acids is 1. The summed E-state index contributed by atoms with van der Waals surface area (Å²) < 4.78 is 42.2. The molecule has 3 aromatic carbocycles. The van der Waals surface area contributed by atoms with Crippen LogP contribution >= 0.6 is 31.9 Å². The highest BCUT2D eigenvalue weighted by molar-refractivity contribution is 9.10. The summed E-state index contributed by atoms with van der Waals surface area (Å²) in [7, 11) is -4.04. The second-order valence-electron chi connectivity index (χ2n) is 5.72. The fraction of sp³-hybridized carbons (Fsp3) is 0. The lowest BCUT2D eigenvalue weighted by Gasteiger charge is -2.12. The standard InChI is InChI=1S/C19H13Br2FN2O3S/c20-13-5-7-15(8-6-13)23-19(25)12-4-9-17(21)18(10-12)28(26,27)24-16-3-1-2-14(22)11-16/h1-11,24H,(H,23,25). The average molecular weight is 528 g/mol. The van der Waals surface area contributed by atoms with Crippen LogP contribution < -0.4 is 10.0 Å². The Hall–Kier alpha value is -2.23. The van der Waals surface area contributed by atoms with E-state index in [9.17, 15) is 17.6 Å². The van der Waals surface area contributed by atoms with Crippen molar-refractivity contribution in [3.8, 4) is 0 Å². The zero-order valence-corrected chi connectivity index (χ0v) is 18.1. The Bertz CT molecular complexity index is 1140. The minimum absolute atomic E-state index is 0.0802. The molecule has 0 bridgehead atoms. The van der Waals surface area contributed by atoms with Crippen LogP contribution in [0.4, 0.5) is 15.8 Å². The molecule has 0 spiro atoms. The van der Waals surface area contributed by atoms with E-state index in [2.05, 4.69) is 41.9 Å². The molecule has 28 heavy (non-hydrogen) atoms. The van der Waals surface area contributed by atoms with Crippen LogP contribution in [-0.2, 0) is 10.0 Å². The minimum Gasteiger partial charge on any atom is -0.322 e. The zero-order valence-electron chi connectivity index (χ0n) is 14.1. The molecule has 0 heterocycles. The van der Waals surface area contributed by atoms with Crippen LogP contribution in [0.2, 0.25) is 0 Å². The quantitative estimate of drug-likeness (QED) is 0.466. The predicted octanol–water partition coefficient (Wildman–Crippen LogP) is 5.40. The number of hydrogen-bond acceptors (Lipinski definition) is 3. The first-order valence-electron chi connectivity index (χ1n) is 7.89. The topological polar surface area (TPSA) is 75.3 Å². The van der Waals surface area contributed by atoms with E-state index in [1.807, 2.05) is 0 Å². The summed E-state index contributed by atoms with van der Waals surface area (Å²) in [6.07, 6.45) is 0. The smallest absolute Gasteiger partial charge is 0.263 e. The van der Waals surface area contributed by atoms with Gasteiger partial charge in [-0.25, -0.2) is 12.8 Å². The predicted molar refractivity (Wildman–Crippen MR) is 113 cm³/mol. The summed E-state index contributed by atoms with van der Waals surface area (Å²) in [5.41, 5.74) is 0.806. The number of benzene rings is 3. The van der Waals surface area contributed by atoms with Crippen molar-refractivity contribution in [2.75, 3.05) is 10.0 Å². The second-order valence-corrected chi connectivity index (χ2v) is 9.14. The largest absolute Gasteiger partial charge is 0.322 e. The SMILES string of the molecule is O=C(Nc1ccc(Br)cc1)c1ccc(Br)c(S(=O)(=O)Nc2cccc(F)c2)c1. The lowest BCUT2D eigenvalue weighted by Crippen LogP contribution is -2.16. The molecule has 5 nitrogen and oxygen atoms in total. The Morgan fingerprint density at radius 2 is 1.61 bits per heavy atom. The highest BCUT2D eigenvalue weighted by Gasteiger charge is 2.20. The third-order valence-corrected chi connectivity index (χ3v) is 6.57. The van der Waals surface area contributed by atoms with Crippen molar-refractivity contribution in [1.29, 1.82) is 0 Å². The molecule has 3 aromatic rings. The van der Waals surface area contributed by atoms with Crippen LogP contribution in [0.5, 0.6) is 0 Å². The number of halogens is 3. The first kappa shape index (κ1) is 20.5. The van der Waals surface area contributed by atoms with Crippen molar-refractivity contribution in [3.05, 3.63) is 87.1 Å². The molecular weight excluding hydrogens is 515 g/mol. The molecule has 0 saturated carbocycles. The number of anilines is 2. The third-order valence-electron chi connectivity index (χ3n) is 3.66. The summed E-state index contributed by atoms with van der Waals surface area (Å²) in [6, 6.07) is 16.3. The summed E-state index contributed by atoms with van der Waals surface area (Å²) >= 11 is 6.50. The van der Waals surface area contributed by atoms with Gasteiger partial charge in [-0.2, -0.15) is 0 Å². The van der Waals surface area contributed by atoms with Gasteiger partial charge in [-0.15, -0.1) is 0 Å². The van der Waals surface area contributed by atoms with Gasteiger partial charge in [0.15, 0.2) is 0 Å². The molecule has 0 radical (unpaired) electrons. The highest BCUT2D eigenvalue weighted by atomic mass is 79.9. The summed E-state index contributed by atoms with van der Waals surface area (Å²) in [6.45, 7) is 0. The van der Waals surface area contributed by atoms with Crippen molar-refractivity contribution in [1.82, 2.24) is 0 Å². The van der Waals surface area contributed by atoms with E-state index in [-0.39, 0.29) is 20.6 Å². The van der Waals surface area contributed by atoms with Crippen molar-refractivity contribution in [2.24, 2.45) is 0 Å². The molecule has 0 fully saturated rings. The maximum Gasteiger partial charge on any atom is 0.263 e. The van der Waals surface area contributed by atoms with Gasteiger partial charge in [-0.05, 0) is 76.6 Å². The Balaban J connectivity index is 1.87. The molecule has 1 amide bonds. The van der Waals surface area contributed by atoms with E-state index in [1.165, 1.54) is 36.4 Å². The third kappa shape index (κ3) is 4.98. The van der Waals surface area contributed by atoms with Crippen molar-refractivity contribution >= 4 is 59.2 Å². The normalized spacial score (nSPS) is 11.1. The Labute approximate surface area is 178 Å². The van der Waals surface area contributed by atoms with Gasteiger partial charge in [0, 0.05) is 20.2 Å². The molecule has 0 aliphatic rings.